The molecule has 1 aliphatic carbocycles. The second kappa shape index (κ2) is 10.2. The Balaban J connectivity index is 0.00000243. The first-order valence-corrected chi connectivity index (χ1v) is 9.83. The number of aliphatic imine (C=N–C) groups is 1. The minimum atomic E-state index is 0. The fourth-order valence-corrected chi connectivity index (χ4v) is 3.79. The van der Waals surface area contributed by atoms with Crippen molar-refractivity contribution in [3.63, 3.8) is 0 Å². The van der Waals surface area contributed by atoms with Gasteiger partial charge in [0, 0.05) is 28.9 Å². The van der Waals surface area contributed by atoms with Crippen LogP contribution in [0.5, 0.6) is 5.75 Å². The highest BCUT2D eigenvalue weighted by atomic mass is 127. The van der Waals surface area contributed by atoms with Crippen LogP contribution in [0.4, 0.5) is 0 Å². The predicted octanol–water partition coefficient (Wildman–Crippen LogP) is 4.20. The maximum absolute atomic E-state index is 5.55. The molecular formula is C20H28IN3OS. The molecule has 1 saturated carbocycles. The molecule has 0 spiro atoms. The van der Waals surface area contributed by atoms with E-state index in [0.717, 1.165) is 37.8 Å². The number of guanidine groups is 1. The van der Waals surface area contributed by atoms with Gasteiger partial charge >= 0.3 is 0 Å². The van der Waals surface area contributed by atoms with Gasteiger partial charge in [-0.3, -0.25) is 4.99 Å². The van der Waals surface area contributed by atoms with Crippen LogP contribution >= 0.6 is 35.3 Å². The molecule has 0 radical (unpaired) electrons. The monoisotopic (exact) mass is 485 g/mol. The van der Waals surface area contributed by atoms with Crippen LogP contribution in [0.3, 0.4) is 0 Å². The predicted molar refractivity (Wildman–Crippen MR) is 121 cm³/mol. The minimum absolute atomic E-state index is 0. The third kappa shape index (κ3) is 5.36. The van der Waals surface area contributed by atoms with Crippen LogP contribution in [-0.2, 0) is 11.8 Å². The van der Waals surface area contributed by atoms with Crippen LogP contribution < -0.4 is 15.4 Å². The van der Waals surface area contributed by atoms with E-state index in [1.54, 1.807) is 18.4 Å². The largest absolute Gasteiger partial charge is 0.496 e. The van der Waals surface area contributed by atoms with E-state index in [-0.39, 0.29) is 29.4 Å². The average molecular weight is 485 g/mol. The second-order valence-corrected chi connectivity index (χ2v) is 7.46. The summed E-state index contributed by atoms with van der Waals surface area (Å²) in [7, 11) is 1.74. The summed E-state index contributed by atoms with van der Waals surface area (Å²) in [6.45, 7) is 4.66. The van der Waals surface area contributed by atoms with E-state index in [2.05, 4.69) is 47.2 Å². The summed E-state index contributed by atoms with van der Waals surface area (Å²) >= 11 is 1.80. The Hall–Kier alpha value is -1.28. The molecule has 6 heteroatoms. The standard InChI is InChI=1S/C20H27N3OS.HI/c1-3-21-19(22-13-10-16-7-6-14-25-16)23-15-20(11-12-20)17-8-4-5-9-18(17)24-2;/h4-9,14H,3,10-13,15H2,1-2H3,(H2,21,22,23);1H. The van der Waals surface area contributed by atoms with E-state index in [0.29, 0.717) is 0 Å². The van der Waals surface area contributed by atoms with Gasteiger partial charge in [0.2, 0.25) is 0 Å². The number of rotatable bonds is 8. The van der Waals surface area contributed by atoms with Crippen LogP contribution in [0.15, 0.2) is 46.8 Å². The summed E-state index contributed by atoms with van der Waals surface area (Å²) in [4.78, 5) is 6.26. The Morgan fingerprint density at radius 3 is 2.65 bits per heavy atom. The number of hydrogen-bond donors (Lipinski definition) is 2. The summed E-state index contributed by atoms with van der Waals surface area (Å²) in [6.07, 6.45) is 3.37. The van der Waals surface area contributed by atoms with Crippen molar-refractivity contribution in [1.29, 1.82) is 0 Å². The number of methoxy groups -OCH3 is 1. The van der Waals surface area contributed by atoms with Crippen LogP contribution in [-0.4, -0.2) is 32.7 Å². The molecule has 1 heterocycles. The average Bonchev–Trinajstić information content (AvgIpc) is 3.26. The molecule has 0 atom stereocenters. The van der Waals surface area contributed by atoms with E-state index in [9.17, 15) is 0 Å². The first-order valence-electron chi connectivity index (χ1n) is 8.95. The van der Waals surface area contributed by atoms with Crippen molar-refractivity contribution in [2.75, 3.05) is 26.7 Å². The molecule has 1 aromatic heterocycles. The Morgan fingerprint density at radius 2 is 2.00 bits per heavy atom. The number of thiophene rings is 1. The quantitative estimate of drug-likeness (QED) is 0.335. The lowest BCUT2D eigenvalue weighted by Crippen LogP contribution is -2.38. The SMILES string of the molecule is CCNC(=NCC1(c2ccccc2OC)CC1)NCCc1cccs1.I. The van der Waals surface area contributed by atoms with Gasteiger partial charge in [-0.1, -0.05) is 24.3 Å². The normalized spacial score (nSPS) is 15.1. The van der Waals surface area contributed by atoms with Gasteiger partial charge in [0.25, 0.3) is 0 Å². The van der Waals surface area contributed by atoms with Gasteiger partial charge in [0.1, 0.15) is 5.75 Å². The Morgan fingerprint density at radius 1 is 1.19 bits per heavy atom. The number of halogens is 1. The van der Waals surface area contributed by atoms with Gasteiger partial charge < -0.3 is 15.4 Å². The molecule has 1 fully saturated rings. The molecule has 142 valence electrons. The Kier molecular flexibility index (Phi) is 8.21. The fraction of sp³-hybridized carbons (Fsp3) is 0.450. The zero-order valence-corrected chi connectivity index (χ0v) is 18.6. The number of hydrogen-bond acceptors (Lipinski definition) is 3. The van der Waals surface area contributed by atoms with Crippen molar-refractivity contribution in [1.82, 2.24) is 10.6 Å². The molecule has 2 aromatic rings. The van der Waals surface area contributed by atoms with Crippen LogP contribution in [0.2, 0.25) is 0 Å². The molecule has 3 rings (SSSR count). The maximum atomic E-state index is 5.55. The molecular weight excluding hydrogens is 457 g/mol. The number of para-hydroxylation sites is 1. The van der Waals surface area contributed by atoms with E-state index in [1.165, 1.54) is 23.3 Å². The highest BCUT2D eigenvalue weighted by Crippen LogP contribution is 2.51. The molecule has 1 aliphatic rings. The summed E-state index contributed by atoms with van der Waals surface area (Å²) in [6, 6.07) is 12.6. The minimum Gasteiger partial charge on any atom is -0.496 e. The summed E-state index contributed by atoms with van der Waals surface area (Å²) in [5.74, 6) is 1.88. The Bertz CT molecular complexity index is 699. The lowest BCUT2D eigenvalue weighted by atomic mass is 9.95. The van der Waals surface area contributed by atoms with Crippen molar-refractivity contribution >= 4 is 41.3 Å². The van der Waals surface area contributed by atoms with Gasteiger partial charge in [-0.05, 0) is 43.7 Å². The lowest BCUT2D eigenvalue weighted by Gasteiger charge is -2.18. The third-order valence-corrected chi connectivity index (χ3v) is 5.60. The van der Waals surface area contributed by atoms with Crippen molar-refractivity contribution in [3.8, 4) is 5.75 Å². The zero-order chi connectivity index (χ0) is 17.5. The summed E-state index contributed by atoms with van der Waals surface area (Å²) in [5, 5.41) is 8.93. The highest BCUT2D eigenvalue weighted by Gasteiger charge is 2.46. The number of nitrogens with zero attached hydrogens (tertiary/aromatic N) is 1. The first kappa shape index (κ1) is 21.0. The maximum Gasteiger partial charge on any atom is 0.191 e. The van der Waals surface area contributed by atoms with E-state index in [1.807, 2.05) is 12.1 Å². The molecule has 2 N–H and O–H groups in total. The fourth-order valence-electron chi connectivity index (χ4n) is 3.08. The zero-order valence-electron chi connectivity index (χ0n) is 15.5. The number of ether oxygens (including phenoxy) is 1. The summed E-state index contributed by atoms with van der Waals surface area (Å²) < 4.78 is 5.55. The molecule has 0 unspecified atom stereocenters. The smallest absolute Gasteiger partial charge is 0.191 e. The van der Waals surface area contributed by atoms with E-state index >= 15 is 0 Å². The van der Waals surface area contributed by atoms with Gasteiger partial charge in [-0.2, -0.15) is 0 Å². The topological polar surface area (TPSA) is 45.7 Å². The number of nitrogens with one attached hydrogen (secondary N) is 2. The Labute approximate surface area is 177 Å². The molecule has 4 nitrogen and oxygen atoms in total. The van der Waals surface area contributed by atoms with Crippen molar-refractivity contribution in [3.05, 3.63) is 52.2 Å². The molecule has 0 amide bonds. The second-order valence-electron chi connectivity index (χ2n) is 6.43. The van der Waals surface area contributed by atoms with Crippen molar-refractivity contribution < 1.29 is 4.74 Å². The van der Waals surface area contributed by atoms with Gasteiger partial charge in [-0.25, -0.2) is 0 Å². The number of benzene rings is 1. The lowest BCUT2D eigenvalue weighted by molar-refractivity contribution is 0.404. The molecule has 26 heavy (non-hydrogen) atoms. The highest BCUT2D eigenvalue weighted by molar-refractivity contribution is 14.0. The van der Waals surface area contributed by atoms with Crippen LogP contribution in [0.1, 0.15) is 30.2 Å². The van der Waals surface area contributed by atoms with Gasteiger partial charge in [-0.15, -0.1) is 35.3 Å². The molecule has 0 bridgehead atoms. The third-order valence-electron chi connectivity index (χ3n) is 4.66. The van der Waals surface area contributed by atoms with E-state index in [4.69, 9.17) is 9.73 Å². The molecule has 0 saturated heterocycles. The van der Waals surface area contributed by atoms with Gasteiger partial charge in [0.05, 0.1) is 13.7 Å². The van der Waals surface area contributed by atoms with E-state index < -0.39 is 0 Å². The van der Waals surface area contributed by atoms with Crippen molar-refractivity contribution in [2.24, 2.45) is 4.99 Å². The first-order chi connectivity index (χ1) is 12.3. The van der Waals surface area contributed by atoms with Gasteiger partial charge in [0.15, 0.2) is 5.96 Å². The van der Waals surface area contributed by atoms with Crippen LogP contribution in [0.25, 0.3) is 0 Å². The molecule has 1 aromatic carbocycles. The summed E-state index contributed by atoms with van der Waals surface area (Å²) in [5.41, 5.74) is 1.43. The molecule has 0 aliphatic heterocycles. The van der Waals surface area contributed by atoms with Crippen LogP contribution in [0, 0.1) is 0 Å². The van der Waals surface area contributed by atoms with Crippen molar-refractivity contribution in [2.45, 2.75) is 31.6 Å².